The molecule has 3 N–H and O–H groups in total. The maximum absolute atomic E-state index is 11.8. The standard InChI is InChI=1S/C14H11ClN2O2/c15-10-6-9(16)4-5-11(10)19-12-3-1-2-8-7-17-14(18)13(8)12/h1-6H,7,16H2,(H,17,18). The van der Waals surface area contributed by atoms with Crippen molar-refractivity contribution in [3.05, 3.63) is 52.5 Å². The number of benzene rings is 2. The minimum absolute atomic E-state index is 0.128. The number of amides is 1. The molecule has 5 heteroatoms. The lowest BCUT2D eigenvalue weighted by molar-refractivity contribution is 0.0964. The predicted octanol–water partition coefficient (Wildman–Crippen LogP) is 2.96. The van der Waals surface area contributed by atoms with E-state index in [4.69, 9.17) is 22.1 Å². The Labute approximate surface area is 115 Å². The molecule has 3 rings (SSSR count). The van der Waals surface area contributed by atoms with Crippen LogP contribution in [-0.2, 0) is 6.54 Å². The average Bonchev–Trinajstić information content (AvgIpc) is 2.76. The molecule has 0 fully saturated rings. The summed E-state index contributed by atoms with van der Waals surface area (Å²) >= 11 is 6.06. The number of hydrogen-bond donors (Lipinski definition) is 2. The third-order valence-corrected chi connectivity index (χ3v) is 3.25. The summed E-state index contributed by atoms with van der Waals surface area (Å²) in [6.07, 6.45) is 0. The van der Waals surface area contributed by atoms with Crippen LogP contribution in [0.1, 0.15) is 15.9 Å². The summed E-state index contributed by atoms with van der Waals surface area (Å²) in [5.41, 5.74) is 7.68. The van der Waals surface area contributed by atoms with E-state index in [-0.39, 0.29) is 5.91 Å². The second-order valence-electron chi connectivity index (χ2n) is 4.26. The first kappa shape index (κ1) is 11.9. The van der Waals surface area contributed by atoms with Crippen LogP contribution in [0.3, 0.4) is 0 Å². The molecule has 1 heterocycles. The molecule has 2 aromatic rings. The monoisotopic (exact) mass is 274 g/mol. The van der Waals surface area contributed by atoms with E-state index >= 15 is 0 Å². The highest BCUT2D eigenvalue weighted by Crippen LogP contribution is 2.34. The zero-order valence-corrected chi connectivity index (χ0v) is 10.7. The molecule has 2 aromatic carbocycles. The molecule has 96 valence electrons. The van der Waals surface area contributed by atoms with Gasteiger partial charge < -0.3 is 15.8 Å². The predicted molar refractivity (Wildman–Crippen MR) is 73.6 cm³/mol. The van der Waals surface area contributed by atoms with E-state index in [9.17, 15) is 4.79 Å². The summed E-state index contributed by atoms with van der Waals surface area (Å²) in [7, 11) is 0. The highest BCUT2D eigenvalue weighted by atomic mass is 35.5. The maximum Gasteiger partial charge on any atom is 0.255 e. The van der Waals surface area contributed by atoms with E-state index in [0.717, 1.165) is 5.56 Å². The number of halogens is 1. The molecule has 1 aliphatic heterocycles. The minimum Gasteiger partial charge on any atom is -0.455 e. The van der Waals surface area contributed by atoms with Crippen LogP contribution in [0.2, 0.25) is 5.02 Å². The van der Waals surface area contributed by atoms with Gasteiger partial charge in [0.05, 0.1) is 10.6 Å². The normalized spacial score (nSPS) is 13.0. The second-order valence-corrected chi connectivity index (χ2v) is 4.67. The molecule has 19 heavy (non-hydrogen) atoms. The first-order valence-electron chi connectivity index (χ1n) is 5.78. The summed E-state index contributed by atoms with van der Waals surface area (Å²) in [6, 6.07) is 10.5. The second kappa shape index (κ2) is 4.48. The molecule has 0 spiro atoms. The van der Waals surface area contributed by atoms with Gasteiger partial charge >= 0.3 is 0 Å². The van der Waals surface area contributed by atoms with Gasteiger partial charge in [0.2, 0.25) is 0 Å². The fourth-order valence-corrected chi connectivity index (χ4v) is 2.28. The van der Waals surface area contributed by atoms with Gasteiger partial charge in [-0.25, -0.2) is 0 Å². The minimum atomic E-state index is -0.128. The Morgan fingerprint density at radius 1 is 1.21 bits per heavy atom. The lowest BCUT2D eigenvalue weighted by Crippen LogP contribution is -2.13. The Morgan fingerprint density at radius 2 is 2.05 bits per heavy atom. The van der Waals surface area contributed by atoms with Gasteiger partial charge in [-0.1, -0.05) is 23.7 Å². The topological polar surface area (TPSA) is 64.3 Å². The number of rotatable bonds is 2. The number of carbonyl (C=O) groups excluding carboxylic acids is 1. The van der Waals surface area contributed by atoms with Crippen LogP contribution < -0.4 is 15.8 Å². The lowest BCUT2D eigenvalue weighted by atomic mass is 10.1. The van der Waals surface area contributed by atoms with Crippen LogP contribution in [0.4, 0.5) is 5.69 Å². The van der Waals surface area contributed by atoms with Gasteiger partial charge in [-0.05, 0) is 29.8 Å². The summed E-state index contributed by atoms with van der Waals surface area (Å²) in [5.74, 6) is 0.848. The summed E-state index contributed by atoms with van der Waals surface area (Å²) in [6.45, 7) is 0.529. The van der Waals surface area contributed by atoms with Crippen molar-refractivity contribution in [2.75, 3.05) is 5.73 Å². The molecule has 0 atom stereocenters. The van der Waals surface area contributed by atoms with Crippen LogP contribution in [0.15, 0.2) is 36.4 Å². The lowest BCUT2D eigenvalue weighted by Gasteiger charge is -2.10. The Kier molecular flexibility index (Phi) is 2.80. The third-order valence-electron chi connectivity index (χ3n) is 2.95. The Bertz CT molecular complexity index is 670. The summed E-state index contributed by atoms with van der Waals surface area (Å²) in [4.78, 5) is 11.8. The van der Waals surface area contributed by atoms with Crippen LogP contribution in [0, 0.1) is 0 Å². The van der Waals surface area contributed by atoms with Crippen LogP contribution in [-0.4, -0.2) is 5.91 Å². The van der Waals surface area contributed by atoms with Gasteiger partial charge in [-0.15, -0.1) is 0 Å². The van der Waals surface area contributed by atoms with Gasteiger partial charge in [0.25, 0.3) is 5.91 Å². The Hall–Kier alpha value is -2.20. The first-order chi connectivity index (χ1) is 9.15. The van der Waals surface area contributed by atoms with Crippen molar-refractivity contribution in [2.24, 2.45) is 0 Å². The van der Waals surface area contributed by atoms with E-state index in [1.54, 1.807) is 24.3 Å². The quantitative estimate of drug-likeness (QED) is 0.828. The van der Waals surface area contributed by atoms with E-state index < -0.39 is 0 Å². The first-order valence-corrected chi connectivity index (χ1v) is 6.16. The number of nitrogens with two attached hydrogens (primary N) is 1. The number of ether oxygens (including phenoxy) is 1. The number of nitrogen functional groups attached to an aromatic ring is 1. The largest absolute Gasteiger partial charge is 0.455 e. The zero-order valence-electron chi connectivity index (χ0n) is 9.94. The number of nitrogens with one attached hydrogen (secondary N) is 1. The van der Waals surface area contributed by atoms with Gasteiger partial charge in [0, 0.05) is 12.2 Å². The third kappa shape index (κ3) is 2.11. The van der Waals surface area contributed by atoms with Crippen molar-refractivity contribution < 1.29 is 9.53 Å². The smallest absolute Gasteiger partial charge is 0.255 e. The van der Waals surface area contributed by atoms with Crippen LogP contribution in [0.5, 0.6) is 11.5 Å². The molecule has 0 aromatic heterocycles. The molecule has 0 unspecified atom stereocenters. The van der Waals surface area contributed by atoms with Gasteiger partial charge in [-0.3, -0.25) is 4.79 Å². The molecular formula is C14H11ClN2O2. The molecular weight excluding hydrogens is 264 g/mol. The molecule has 0 aliphatic carbocycles. The number of anilines is 1. The van der Waals surface area contributed by atoms with Crippen molar-refractivity contribution in [1.82, 2.24) is 5.32 Å². The van der Waals surface area contributed by atoms with E-state index in [1.807, 2.05) is 12.1 Å². The SMILES string of the molecule is Nc1ccc(Oc2cccc3c2C(=O)NC3)c(Cl)c1. The van der Waals surface area contributed by atoms with Gasteiger partial charge in [0.1, 0.15) is 11.5 Å². The number of carbonyl (C=O) groups is 1. The van der Waals surface area contributed by atoms with Gasteiger partial charge in [0.15, 0.2) is 0 Å². The number of hydrogen-bond acceptors (Lipinski definition) is 3. The fourth-order valence-electron chi connectivity index (χ4n) is 2.05. The molecule has 4 nitrogen and oxygen atoms in total. The molecule has 0 saturated carbocycles. The van der Waals surface area contributed by atoms with Crippen LogP contribution >= 0.6 is 11.6 Å². The van der Waals surface area contributed by atoms with Crippen molar-refractivity contribution in [1.29, 1.82) is 0 Å². The van der Waals surface area contributed by atoms with E-state index in [1.165, 1.54) is 0 Å². The molecule has 1 aliphatic rings. The maximum atomic E-state index is 11.8. The van der Waals surface area contributed by atoms with Crippen molar-refractivity contribution in [3.63, 3.8) is 0 Å². The van der Waals surface area contributed by atoms with Crippen molar-refractivity contribution in [3.8, 4) is 11.5 Å². The Balaban J connectivity index is 2.01. The average molecular weight is 275 g/mol. The van der Waals surface area contributed by atoms with E-state index in [0.29, 0.717) is 34.3 Å². The molecule has 0 saturated heterocycles. The van der Waals surface area contributed by atoms with Crippen molar-refractivity contribution >= 4 is 23.2 Å². The van der Waals surface area contributed by atoms with Crippen molar-refractivity contribution in [2.45, 2.75) is 6.54 Å². The van der Waals surface area contributed by atoms with E-state index in [2.05, 4.69) is 5.32 Å². The highest BCUT2D eigenvalue weighted by Gasteiger charge is 2.23. The van der Waals surface area contributed by atoms with Crippen LogP contribution in [0.25, 0.3) is 0 Å². The highest BCUT2D eigenvalue weighted by molar-refractivity contribution is 6.32. The fraction of sp³-hybridized carbons (Fsp3) is 0.0714. The van der Waals surface area contributed by atoms with Gasteiger partial charge in [-0.2, -0.15) is 0 Å². The molecule has 0 radical (unpaired) electrons. The molecule has 0 bridgehead atoms. The number of fused-ring (bicyclic) bond motifs is 1. The summed E-state index contributed by atoms with van der Waals surface area (Å²) in [5, 5.41) is 3.18. The summed E-state index contributed by atoms with van der Waals surface area (Å²) < 4.78 is 5.73. The Morgan fingerprint density at radius 3 is 2.84 bits per heavy atom. The zero-order chi connectivity index (χ0) is 13.4. The molecule has 1 amide bonds.